The molecule has 31 heavy (non-hydrogen) atoms. The summed E-state index contributed by atoms with van der Waals surface area (Å²) in [5, 5.41) is 0. The molecular formula is C25H35IO4S. The van der Waals surface area contributed by atoms with Gasteiger partial charge in [0.25, 0.3) is 0 Å². The molecule has 0 radical (unpaired) electrons. The highest BCUT2D eigenvalue weighted by atomic mass is 127. The number of esters is 1. The highest BCUT2D eigenvalue weighted by molar-refractivity contribution is 14.1. The molecule has 0 saturated heterocycles. The van der Waals surface area contributed by atoms with Crippen molar-refractivity contribution in [2.75, 3.05) is 31.9 Å². The van der Waals surface area contributed by atoms with Crippen LogP contribution >= 0.6 is 35.2 Å². The topological polar surface area (TPSA) is 44.8 Å². The summed E-state index contributed by atoms with van der Waals surface area (Å²) in [5.74, 6) is 0.143. The van der Waals surface area contributed by atoms with Crippen molar-refractivity contribution in [1.29, 1.82) is 0 Å². The molecule has 0 spiro atoms. The quantitative estimate of drug-likeness (QED) is 0.125. The summed E-state index contributed by atoms with van der Waals surface area (Å²) in [7, 11) is 1.57. The number of carbonyl (C=O) groups is 1. The van der Waals surface area contributed by atoms with Gasteiger partial charge in [-0.05, 0) is 37.0 Å². The number of ether oxygens (including phenoxy) is 3. The van der Waals surface area contributed by atoms with Gasteiger partial charge in [0.2, 0.25) is 0 Å². The Labute approximate surface area is 206 Å². The van der Waals surface area contributed by atoms with Crippen LogP contribution in [0.5, 0.6) is 0 Å². The van der Waals surface area contributed by atoms with E-state index >= 15 is 0 Å². The predicted octanol–water partition coefficient (Wildman–Crippen LogP) is 6.54. The monoisotopic (exact) mass is 558 g/mol. The Morgan fingerprint density at radius 3 is 1.94 bits per heavy atom. The fourth-order valence-electron chi connectivity index (χ4n) is 2.57. The summed E-state index contributed by atoms with van der Waals surface area (Å²) < 4.78 is 15.7. The fourth-order valence-corrected chi connectivity index (χ4v) is 2.83. The maximum Gasteiger partial charge on any atom is 0.338 e. The van der Waals surface area contributed by atoms with Gasteiger partial charge in [0, 0.05) is 12.7 Å². The molecule has 1 atom stereocenters. The lowest BCUT2D eigenvalue weighted by molar-refractivity contribution is 0.0329. The van der Waals surface area contributed by atoms with Crippen LogP contribution in [-0.2, 0) is 14.2 Å². The van der Waals surface area contributed by atoms with Gasteiger partial charge in [-0.15, -0.1) is 0 Å². The van der Waals surface area contributed by atoms with Crippen LogP contribution in [0.15, 0.2) is 55.1 Å². The molecule has 2 aromatic carbocycles. The van der Waals surface area contributed by atoms with E-state index in [1.165, 1.54) is 0 Å². The lowest BCUT2D eigenvalue weighted by Crippen LogP contribution is -2.39. The van der Waals surface area contributed by atoms with E-state index in [1.54, 1.807) is 19.2 Å². The fraction of sp³-hybridized carbons (Fsp3) is 0.400. The molecular weight excluding hydrogens is 523 g/mol. The van der Waals surface area contributed by atoms with Gasteiger partial charge in [-0.1, -0.05) is 84.5 Å². The molecule has 2 aromatic rings. The Morgan fingerprint density at radius 2 is 1.42 bits per heavy atom. The Morgan fingerprint density at radius 1 is 0.935 bits per heavy atom. The number of halogens is 1. The second-order valence-electron chi connectivity index (χ2n) is 6.68. The summed E-state index contributed by atoms with van der Waals surface area (Å²) >= 11 is 6.80. The molecule has 0 fully saturated rings. The molecule has 172 valence electrons. The average Bonchev–Trinajstić information content (AvgIpc) is 2.79. The van der Waals surface area contributed by atoms with Gasteiger partial charge < -0.3 is 14.2 Å². The second-order valence-corrected chi connectivity index (χ2v) is 7.63. The van der Waals surface area contributed by atoms with Crippen molar-refractivity contribution in [2.45, 2.75) is 32.4 Å². The molecule has 0 amide bonds. The molecule has 0 saturated carbocycles. The number of hydrogen-bond donors (Lipinski definition) is 1. The average molecular weight is 559 g/mol. The van der Waals surface area contributed by atoms with E-state index in [1.807, 2.05) is 69.0 Å². The van der Waals surface area contributed by atoms with Crippen LogP contribution < -0.4 is 0 Å². The van der Waals surface area contributed by atoms with Crippen LogP contribution in [0.3, 0.4) is 0 Å². The molecule has 0 aliphatic rings. The third kappa shape index (κ3) is 11.1. The van der Waals surface area contributed by atoms with Crippen LogP contribution in [0.25, 0.3) is 5.76 Å². The predicted molar refractivity (Wildman–Crippen MR) is 143 cm³/mol. The van der Waals surface area contributed by atoms with Gasteiger partial charge in [-0.2, -0.15) is 12.6 Å². The summed E-state index contributed by atoms with van der Waals surface area (Å²) in [5.41, 5.74) is 3.53. The molecule has 6 heteroatoms. The summed E-state index contributed by atoms with van der Waals surface area (Å²) in [6, 6.07) is 15.2. The second kappa shape index (κ2) is 16.2. The Balaban J connectivity index is 0.00000212. The first-order valence-corrected chi connectivity index (χ1v) is 12.6. The molecule has 2 rings (SSSR count). The number of rotatable bonds is 9. The highest BCUT2D eigenvalue weighted by Gasteiger charge is 2.30. The number of hydrogen-bond acceptors (Lipinski definition) is 5. The lowest BCUT2D eigenvalue weighted by Gasteiger charge is -2.27. The highest BCUT2D eigenvalue weighted by Crippen LogP contribution is 2.22. The normalized spacial score (nSPS) is 11.6. The number of alkyl halides is 1. The van der Waals surface area contributed by atoms with Gasteiger partial charge in [0.15, 0.2) is 0 Å². The molecule has 0 aliphatic heterocycles. The van der Waals surface area contributed by atoms with Gasteiger partial charge in [-0.25, -0.2) is 4.79 Å². The molecule has 1 unspecified atom stereocenters. The van der Waals surface area contributed by atoms with Crippen molar-refractivity contribution in [3.05, 3.63) is 77.4 Å². The van der Waals surface area contributed by atoms with Crippen LogP contribution in [0.4, 0.5) is 0 Å². The number of methoxy groups -OCH3 is 1. The van der Waals surface area contributed by atoms with Crippen molar-refractivity contribution >= 4 is 46.9 Å². The van der Waals surface area contributed by atoms with E-state index in [-0.39, 0.29) is 19.8 Å². The third-order valence-corrected chi connectivity index (χ3v) is 4.38. The number of aryl methyl sites for hydroxylation is 2. The zero-order valence-electron chi connectivity index (χ0n) is 19.4. The van der Waals surface area contributed by atoms with E-state index in [4.69, 9.17) is 14.2 Å². The van der Waals surface area contributed by atoms with Gasteiger partial charge in [-0.3, -0.25) is 0 Å². The first-order valence-electron chi connectivity index (χ1n) is 10.0. The Kier molecular flexibility index (Phi) is 15.4. The van der Waals surface area contributed by atoms with Gasteiger partial charge in [0.1, 0.15) is 23.7 Å². The molecule has 0 heterocycles. The molecule has 4 nitrogen and oxygen atoms in total. The zero-order chi connectivity index (χ0) is 23.9. The maximum absolute atomic E-state index is 12.3. The number of thiol groups is 1. The van der Waals surface area contributed by atoms with Crippen LogP contribution in [-0.4, -0.2) is 42.6 Å². The zero-order valence-corrected chi connectivity index (χ0v) is 22.5. The SMILES string of the molecule is C=C(OCC(S)(COC)COC(=O)c1cccc(C)c1)c1cccc(C)c1.CC.CI. The van der Waals surface area contributed by atoms with Crippen molar-refractivity contribution in [3.8, 4) is 0 Å². The first kappa shape index (κ1) is 29.5. The molecule has 0 aromatic heterocycles. The van der Waals surface area contributed by atoms with Gasteiger partial charge >= 0.3 is 5.97 Å². The minimum atomic E-state index is -0.791. The van der Waals surface area contributed by atoms with Crippen molar-refractivity contribution in [2.24, 2.45) is 0 Å². The largest absolute Gasteiger partial charge is 0.492 e. The van der Waals surface area contributed by atoms with E-state index in [2.05, 4.69) is 41.8 Å². The van der Waals surface area contributed by atoms with Crippen molar-refractivity contribution in [1.82, 2.24) is 0 Å². The molecule has 0 aliphatic carbocycles. The van der Waals surface area contributed by atoms with Crippen LogP contribution in [0, 0.1) is 13.8 Å². The smallest absolute Gasteiger partial charge is 0.338 e. The van der Waals surface area contributed by atoms with E-state index in [0.29, 0.717) is 11.3 Å². The summed E-state index contributed by atoms with van der Waals surface area (Å²) in [6.45, 7) is 12.4. The number of benzene rings is 2. The van der Waals surface area contributed by atoms with E-state index in [9.17, 15) is 4.79 Å². The minimum absolute atomic E-state index is 0.0534. The standard InChI is InChI=1S/C22H26O4S.C2H6.CH3I/c1-16-7-5-9-19(11-16)18(3)25-14-22(27,13-24-4)15-26-21(23)20-10-6-8-17(2)12-20;2*1-2/h5-12,27H,3,13-15H2,1-2,4H3;1-2H3;1H3. The Bertz CT molecular complexity index is 746. The van der Waals surface area contributed by atoms with Crippen molar-refractivity contribution < 1.29 is 19.0 Å². The number of carbonyl (C=O) groups excluding carboxylic acids is 1. The Hall–Kier alpha value is -1.51. The first-order chi connectivity index (χ1) is 14.8. The van der Waals surface area contributed by atoms with Crippen molar-refractivity contribution in [3.63, 3.8) is 0 Å². The summed E-state index contributed by atoms with van der Waals surface area (Å²) in [4.78, 5) is 14.3. The van der Waals surface area contributed by atoms with Crippen LogP contribution in [0.1, 0.15) is 40.9 Å². The minimum Gasteiger partial charge on any atom is -0.492 e. The summed E-state index contributed by atoms with van der Waals surface area (Å²) in [6.07, 6.45) is 0. The van der Waals surface area contributed by atoms with E-state index in [0.717, 1.165) is 16.7 Å². The van der Waals surface area contributed by atoms with E-state index < -0.39 is 10.7 Å². The third-order valence-electron chi connectivity index (χ3n) is 3.99. The van der Waals surface area contributed by atoms with Crippen LogP contribution in [0.2, 0.25) is 0 Å². The molecule has 0 bridgehead atoms. The molecule has 0 N–H and O–H groups in total. The maximum atomic E-state index is 12.3. The van der Waals surface area contributed by atoms with Gasteiger partial charge in [0.05, 0.1) is 12.2 Å². The lowest BCUT2D eigenvalue weighted by atomic mass is 10.1.